The van der Waals surface area contributed by atoms with Gasteiger partial charge in [0.15, 0.2) is 5.82 Å². The molecule has 0 saturated heterocycles. The molecule has 2 N–H and O–H groups in total. The van der Waals surface area contributed by atoms with Gasteiger partial charge in [-0.3, -0.25) is 4.90 Å². The fraction of sp³-hybridized carbons (Fsp3) is 0.263. The molecule has 0 bridgehead atoms. The first-order chi connectivity index (χ1) is 11.8. The number of nitrogens with two attached hydrogens (primary N) is 1. The number of hydrogen-bond acceptors (Lipinski definition) is 5. The third-order valence-corrected chi connectivity index (χ3v) is 4.52. The van der Waals surface area contributed by atoms with Crippen molar-refractivity contribution in [3.8, 4) is 0 Å². The molecule has 24 heavy (non-hydrogen) atoms. The smallest absolute Gasteiger partial charge is 0.240 e. The monoisotopic (exact) mass is 320 g/mol. The van der Waals surface area contributed by atoms with Gasteiger partial charge in [0.1, 0.15) is 0 Å². The SMILES string of the molecule is NCc1nc(CN2Cc3ccccc3C(c3ccccc3)C2)no1. The number of nitrogens with zero attached hydrogens (tertiary/aromatic N) is 3. The maximum absolute atomic E-state index is 5.55. The number of benzene rings is 2. The van der Waals surface area contributed by atoms with Crippen molar-refractivity contribution in [2.75, 3.05) is 6.54 Å². The summed E-state index contributed by atoms with van der Waals surface area (Å²) in [5.41, 5.74) is 9.66. The molecule has 1 aromatic heterocycles. The average molecular weight is 320 g/mol. The lowest BCUT2D eigenvalue weighted by Crippen LogP contribution is -2.34. The van der Waals surface area contributed by atoms with E-state index in [0.717, 1.165) is 13.1 Å². The van der Waals surface area contributed by atoms with Gasteiger partial charge in [-0.05, 0) is 16.7 Å². The topological polar surface area (TPSA) is 68.2 Å². The zero-order valence-corrected chi connectivity index (χ0v) is 13.4. The van der Waals surface area contributed by atoms with Crippen LogP contribution in [0.15, 0.2) is 59.1 Å². The van der Waals surface area contributed by atoms with E-state index in [9.17, 15) is 0 Å². The van der Waals surface area contributed by atoms with Crippen LogP contribution in [0.1, 0.15) is 34.3 Å². The Morgan fingerprint density at radius 3 is 2.67 bits per heavy atom. The number of hydrogen-bond donors (Lipinski definition) is 1. The molecule has 1 aliphatic rings. The molecular formula is C19H20N4O. The van der Waals surface area contributed by atoms with Gasteiger partial charge in [-0.25, -0.2) is 0 Å². The summed E-state index contributed by atoms with van der Waals surface area (Å²) < 4.78 is 5.12. The lowest BCUT2D eigenvalue weighted by Gasteiger charge is -2.34. The quantitative estimate of drug-likeness (QED) is 0.800. The highest BCUT2D eigenvalue weighted by Crippen LogP contribution is 2.33. The summed E-state index contributed by atoms with van der Waals surface area (Å²) in [6, 6.07) is 19.3. The molecule has 1 unspecified atom stereocenters. The van der Waals surface area contributed by atoms with Crippen molar-refractivity contribution in [2.45, 2.75) is 25.6 Å². The predicted octanol–water partition coefficient (Wildman–Crippen LogP) is 2.68. The van der Waals surface area contributed by atoms with E-state index in [1.807, 2.05) is 0 Å². The maximum atomic E-state index is 5.55. The first kappa shape index (κ1) is 15.1. The molecule has 0 saturated carbocycles. The second-order valence-electron chi connectivity index (χ2n) is 6.14. The minimum atomic E-state index is 0.280. The molecule has 0 radical (unpaired) electrons. The van der Waals surface area contributed by atoms with Crippen LogP contribution in [-0.2, 0) is 19.6 Å². The molecule has 4 rings (SSSR count). The molecule has 122 valence electrons. The summed E-state index contributed by atoms with van der Waals surface area (Å²) >= 11 is 0. The molecule has 0 spiro atoms. The summed E-state index contributed by atoms with van der Waals surface area (Å²) in [6.45, 7) is 2.78. The van der Waals surface area contributed by atoms with E-state index in [4.69, 9.17) is 10.3 Å². The maximum Gasteiger partial charge on any atom is 0.240 e. The highest BCUT2D eigenvalue weighted by atomic mass is 16.5. The molecule has 0 amide bonds. The number of rotatable bonds is 4. The Kier molecular flexibility index (Phi) is 4.11. The van der Waals surface area contributed by atoms with Gasteiger partial charge >= 0.3 is 0 Å². The van der Waals surface area contributed by atoms with E-state index in [0.29, 0.717) is 24.2 Å². The number of fused-ring (bicyclic) bond motifs is 1. The molecule has 5 heteroatoms. The fourth-order valence-electron chi connectivity index (χ4n) is 3.41. The number of aromatic nitrogens is 2. The average Bonchev–Trinajstić information content (AvgIpc) is 3.09. The zero-order valence-electron chi connectivity index (χ0n) is 13.4. The third-order valence-electron chi connectivity index (χ3n) is 4.52. The van der Waals surface area contributed by atoms with Crippen molar-refractivity contribution < 1.29 is 4.52 Å². The van der Waals surface area contributed by atoms with Crippen molar-refractivity contribution >= 4 is 0 Å². The van der Waals surface area contributed by atoms with Gasteiger partial charge in [-0.15, -0.1) is 0 Å². The van der Waals surface area contributed by atoms with E-state index < -0.39 is 0 Å². The van der Waals surface area contributed by atoms with Crippen LogP contribution >= 0.6 is 0 Å². The minimum absolute atomic E-state index is 0.280. The first-order valence-electron chi connectivity index (χ1n) is 8.20. The van der Waals surface area contributed by atoms with E-state index in [2.05, 4.69) is 69.6 Å². The van der Waals surface area contributed by atoms with E-state index in [1.165, 1.54) is 16.7 Å². The second-order valence-corrected chi connectivity index (χ2v) is 6.14. The molecule has 1 atom stereocenters. The Morgan fingerprint density at radius 2 is 1.88 bits per heavy atom. The summed E-state index contributed by atoms with van der Waals surface area (Å²) in [6.07, 6.45) is 0. The molecule has 2 aromatic carbocycles. The summed E-state index contributed by atoms with van der Waals surface area (Å²) in [5, 5.41) is 4.03. The summed E-state index contributed by atoms with van der Waals surface area (Å²) in [5.74, 6) is 1.54. The van der Waals surface area contributed by atoms with Crippen LogP contribution < -0.4 is 5.73 Å². The normalized spacial score (nSPS) is 17.6. The van der Waals surface area contributed by atoms with Crippen molar-refractivity contribution in [2.24, 2.45) is 5.73 Å². The van der Waals surface area contributed by atoms with E-state index >= 15 is 0 Å². The Morgan fingerprint density at radius 1 is 1.08 bits per heavy atom. The van der Waals surface area contributed by atoms with Gasteiger partial charge in [0.25, 0.3) is 0 Å². The molecule has 0 fully saturated rings. The van der Waals surface area contributed by atoms with Crippen LogP contribution in [0.3, 0.4) is 0 Å². The molecular weight excluding hydrogens is 300 g/mol. The standard InChI is InChI=1S/C19H20N4O/c20-10-19-21-18(22-24-19)13-23-11-15-8-4-5-9-16(15)17(12-23)14-6-2-1-3-7-14/h1-9,17H,10-13,20H2. The van der Waals surface area contributed by atoms with Gasteiger partial charge in [0.2, 0.25) is 5.89 Å². The Labute approximate surface area is 141 Å². The first-order valence-corrected chi connectivity index (χ1v) is 8.20. The van der Waals surface area contributed by atoms with Gasteiger partial charge in [-0.1, -0.05) is 59.8 Å². The van der Waals surface area contributed by atoms with Crippen LogP contribution in [0.5, 0.6) is 0 Å². The van der Waals surface area contributed by atoms with Crippen LogP contribution in [-0.4, -0.2) is 21.6 Å². The van der Waals surface area contributed by atoms with Crippen LogP contribution in [0.2, 0.25) is 0 Å². The Balaban J connectivity index is 1.62. The molecule has 0 aliphatic carbocycles. The van der Waals surface area contributed by atoms with E-state index in [-0.39, 0.29) is 6.54 Å². The van der Waals surface area contributed by atoms with Gasteiger partial charge < -0.3 is 10.3 Å². The Bertz CT molecular complexity index is 815. The predicted molar refractivity (Wildman–Crippen MR) is 91.0 cm³/mol. The zero-order chi connectivity index (χ0) is 16.4. The largest absolute Gasteiger partial charge is 0.338 e. The highest BCUT2D eigenvalue weighted by molar-refractivity contribution is 5.40. The van der Waals surface area contributed by atoms with Crippen molar-refractivity contribution in [3.63, 3.8) is 0 Å². The minimum Gasteiger partial charge on any atom is -0.338 e. The van der Waals surface area contributed by atoms with Crippen LogP contribution in [0.25, 0.3) is 0 Å². The molecule has 1 aliphatic heterocycles. The summed E-state index contributed by atoms with van der Waals surface area (Å²) in [7, 11) is 0. The fourth-order valence-corrected chi connectivity index (χ4v) is 3.41. The second kappa shape index (κ2) is 6.55. The Hall–Kier alpha value is -2.50. The molecule has 3 aromatic rings. The van der Waals surface area contributed by atoms with Crippen LogP contribution in [0.4, 0.5) is 0 Å². The van der Waals surface area contributed by atoms with Crippen molar-refractivity contribution in [1.82, 2.24) is 15.0 Å². The lowest BCUT2D eigenvalue weighted by molar-refractivity contribution is 0.223. The molecule has 5 nitrogen and oxygen atoms in total. The van der Waals surface area contributed by atoms with E-state index in [1.54, 1.807) is 0 Å². The van der Waals surface area contributed by atoms with Crippen molar-refractivity contribution in [1.29, 1.82) is 0 Å². The molecule has 2 heterocycles. The van der Waals surface area contributed by atoms with Crippen molar-refractivity contribution in [3.05, 3.63) is 83.0 Å². The lowest BCUT2D eigenvalue weighted by atomic mass is 9.85. The van der Waals surface area contributed by atoms with Gasteiger partial charge in [0, 0.05) is 19.0 Å². The van der Waals surface area contributed by atoms with Crippen LogP contribution in [0, 0.1) is 0 Å². The highest BCUT2D eigenvalue weighted by Gasteiger charge is 2.27. The van der Waals surface area contributed by atoms with Gasteiger partial charge in [0.05, 0.1) is 13.1 Å². The van der Waals surface area contributed by atoms with Gasteiger partial charge in [-0.2, -0.15) is 4.98 Å². The summed E-state index contributed by atoms with van der Waals surface area (Å²) in [4.78, 5) is 6.70. The third kappa shape index (κ3) is 2.96.